The molecule has 1 unspecified atom stereocenters. The minimum atomic E-state index is -2.86. The number of nitrogens with zero attached hydrogens (tertiary/aromatic N) is 5. The van der Waals surface area contributed by atoms with Crippen molar-refractivity contribution >= 4 is 50.8 Å². The Morgan fingerprint density at radius 1 is 1.03 bits per heavy atom. The third kappa shape index (κ3) is 4.81. The van der Waals surface area contributed by atoms with E-state index in [1.807, 2.05) is 0 Å². The summed E-state index contributed by atoms with van der Waals surface area (Å²) < 4.78 is 68.2. The van der Waals surface area contributed by atoms with E-state index in [-0.39, 0.29) is 28.2 Å². The number of nitrogens with one attached hydrogen (secondary N) is 3. The van der Waals surface area contributed by atoms with Gasteiger partial charge >= 0.3 is 0 Å². The van der Waals surface area contributed by atoms with Crippen molar-refractivity contribution in [2.75, 3.05) is 28.2 Å². The van der Waals surface area contributed by atoms with Crippen LogP contribution in [-0.2, 0) is 18.0 Å². The number of fused-ring (bicyclic) bond motifs is 1. The summed E-state index contributed by atoms with van der Waals surface area (Å²) in [6, 6.07) is 7.09. The highest BCUT2D eigenvalue weighted by Crippen LogP contribution is 2.36. The van der Waals surface area contributed by atoms with Crippen molar-refractivity contribution in [1.82, 2.24) is 24.7 Å². The second kappa shape index (κ2) is 9.29. The van der Waals surface area contributed by atoms with Gasteiger partial charge in [0.25, 0.3) is 12.9 Å². The Hall–Kier alpha value is -3.68. The van der Waals surface area contributed by atoms with Crippen LogP contribution in [0, 0.1) is 0 Å². The molecule has 0 aliphatic rings. The van der Waals surface area contributed by atoms with Crippen molar-refractivity contribution in [3.05, 3.63) is 47.9 Å². The first-order valence-electron chi connectivity index (χ1n) is 9.84. The van der Waals surface area contributed by atoms with E-state index in [0.717, 1.165) is 0 Å². The monoisotopic (exact) mass is 496 g/mol. The fourth-order valence-electron chi connectivity index (χ4n) is 3.22. The fourth-order valence-corrected chi connectivity index (χ4v) is 3.65. The highest BCUT2D eigenvalue weighted by molar-refractivity contribution is 7.85. The Labute approximate surface area is 193 Å². The maximum absolute atomic E-state index is 13.3. The predicted octanol–water partition coefficient (Wildman–Crippen LogP) is 4.78. The summed E-state index contributed by atoms with van der Waals surface area (Å²) in [7, 11) is 1.71. The second-order valence-electron chi connectivity index (χ2n) is 7.30. The molecule has 0 saturated heterocycles. The maximum Gasteiger partial charge on any atom is 0.295 e. The molecule has 3 N–H and O–H groups in total. The summed E-state index contributed by atoms with van der Waals surface area (Å²) in [5.74, 6) is 0.160. The zero-order valence-electron chi connectivity index (χ0n) is 18.2. The highest BCUT2D eigenvalue weighted by Gasteiger charge is 2.20. The molecule has 0 aliphatic carbocycles. The van der Waals surface area contributed by atoms with Crippen molar-refractivity contribution in [3.63, 3.8) is 0 Å². The van der Waals surface area contributed by atoms with Crippen LogP contribution in [0.15, 0.2) is 36.5 Å². The molecule has 0 spiro atoms. The van der Waals surface area contributed by atoms with Gasteiger partial charge in [-0.15, -0.1) is 0 Å². The van der Waals surface area contributed by atoms with Crippen LogP contribution in [0.1, 0.15) is 24.2 Å². The lowest BCUT2D eigenvalue weighted by Crippen LogP contribution is -2.20. The van der Waals surface area contributed by atoms with Gasteiger partial charge in [0.15, 0.2) is 17.3 Å². The first-order chi connectivity index (χ1) is 16.1. The van der Waals surface area contributed by atoms with E-state index in [9.17, 15) is 21.8 Å². The number of alkyl halides is 4. The first-order valence-corrected chi connectivity index (χ1v) is 11.4. The van der Waals surface area contributed by atoms with Crippen LogP contribution in [0.4, 0.5) is 46.3 Å². The van der Waals surface area contributed by atoms with Gasteiger partial charge in [-0.2, -0.15) is 5.10 Å². The summed E-state index contributed by atoms with van der Waals surface area (Å²) in [4.78, 5) is 10.7. The van der Waals surface area contributed by atoms with Crippen LogP contribution < -0.4 is 14.9 Å². The lowest BCUT2D eigenvalue weighted by atomic mass is 10.1. The first kappa shape index (κ1) is 23.5. The van der Waals surface area contributed by atoms with Crippen LogP contribution in [0.25, 0.3) is 11.2 Å². The number of halogens is 4. The van der Waals surface area contributed by atoms with Gasteiger partial charge in [0, 0.05) is 44.2 Å². The molecule has 14 heteroatoms. The quantitative estimate of drug-likeness (QED) is 0.303. The molecule has 0 radical (unpaired) electrons. The normalized spacial score (nSPS) is 12.5. The molecular formula is C20H20F4N8OS. The lowest BCUT2D eigenvalue weighted by Gasteiger charge is -2.21. The molecule has 1 aromatic carbocycles. The molecule has 0 amide bonds. The van der Waals surface area contributed by atoms with Gasteiger partial charge in [-0.05, 0) is 12.1 Å². The van der Waals surface area contributed by atoms with E-state index in [4.69, 9.17) is 0 Å². The smallest absolute Gasteiger partial charge is 0.295 e. The molecule has 180 valence electrons. The molecule has 34 heavy (non-hydrogen) atoms. The van der Waals surface area contributed by atoms with E-state index in [2.05, 4.69) is 30.7 Å². The van der Waals surface area contributed by atoms with Crippen LogP contribution in [0.2, 0.25) is 0 Å². The average molecular weight is 496 g/mol. The Balaban J connectivity index is 1.82. The van der Waals surface area contributed by atoms with Crippen molar-refractivity contribution in [3.8, 4) is 0 Å². The number of hydrogen-bond donors (Lipinski definition) is 3. The van der Waals surface area contributed by atoms with Crippen LogP contribution >= 0.6 is 0 Å². The number of aryl methyl sites for hydroxylation is 1. The van der Waals surface area contributed by atoms with E-state index in [1.165, 1.54) is 41.9 Å². The number of anilines is 5. The van der Waals surface area contributed by atoms with Gasteiger partial charge < -0.3 is 15.6 Å². The van der Waals surface area contributed by atoms with E-state index >= 15 is 0 Å². The van der Waals surface area contributed by atoms with Crippen molar-refractivity contribution in [2.45, 2.75) is 12.9 Å². The summed E-state index contributed by atoms with van der Waals surface area (Å²) >= 11 is 0. The fraction of sp³-hybridized carbons (Fsp3) is 0.250. The summed E-state index contributed by atoms with van der Waals surface area (Å²) in [6.07, 6.45) is -2.47. The number of aromatic nitrogens is 5. The Kier molecular flexibility index (Phi) is 6.41. The second-order valence-corrected chi connectivity index (χ2v) is 8.69. The Morgan fingerprint density at radius 3 is 2.41 bits per heavy atom. The van der Waals surface area contributed by atoms with Gasteiger partial charge in [-0.3, -0.25) is 8.99 Å². The van der Waals surface area contributed by atoms with Crippen molar-refractivity contribution < 1.29 is 21.8 Å². The van der Waals surface area contributed by atoms with Crippen LogP contribution in [0.5, 0.6) is 0 Å². The van der Waals surface area contributed by atoms with Gasteiger partial charge in [-0.1, -0.05) is 6.07 Å². The van der Waals surface area contributed by atoms with Gasteiger partial charge in [-0.25, -0.2) is 31.7 Å². The summed E-state index contributed by atoms with van der Waals surface area (Å²) in [5.41, 5.74) is 0.798. The van der Waals surface area contributed by atoms with Gasteiger partial charge in [0.05, 0.1) is 17.1 Å². The Bertz CT molecular complexity index is 1360. The number of benzene rings is 1. The number of imidazole rings is 1. The number of pyridine rings is 1. The predicted molar refractivity (Wildman–Crippen MR) is 122 cm³/mol. The maximum atomic E-state index is 13.3. The third-order valence-electron chi connectivity index (χ3n) is 4.92. The zero-order chi connectivity index (χ0) is 24.6. The molecule has 0 aliphatic heterocycles. The average Bonchev–Trinajstić information content (AvgIpc) is 3.39. The minimum Gasteiger partial charge on any atom is -0.352 e. The molecule has 0 fully saturated rings. The van der Waals surface area contributed by atoms with Gasteiger partial charge in [0.2, 0.25) is 0 Å². The molecule has 0 saturated carbocycles. The summed E-state index contributed by atoms with van der Waals surface area (Å²) in [6.45, 7) is 0. The SMILES string of the molecule is CN(c1cc(C(F)F)ccc1Nc1cc(Nc2ccn(C)n2)nc2nc(C(F)F)[nH]c12)S(C)=O. The minimum absolute atomic E-state index is 0.0110. The van der Waals surface area contributed by atoms with E-state index < -0.39 is 29.7 Å². The lowest BCUT2D eigenvalue weighted by molar-refractivity contribution is 0.142. The van der Waals surface area contributed by atoms with Crippen LogP contribution in [-0.4, -0.2) is 42.2 Å². The highest BCUT2D eigenvalue weighted by atomic mass is 32.2. The molecule has 9 nitrogen and oxygen atoms in total. The van der Waals surface area contributed by atoms with E-state index in [1.54, 1.807) is 24.0 Å². The number of aromatic amines is 1. The molecule has 4 rings (SSSR count). The zero-order valence-corrected chi connectivity index (χ0v) is 19.0. The van der Waals surface area contributed by atoms with Crippen LogP contribution in [0.3, 0.4) is 0 Å². The van der Waals surface area contributed by atoms with E-state index in [0.29, 0.717) is 17.2 Å². The molecule has 3 aromatic heterocycles. The number of hydrogen-bond acceptors (Lipinski definition) is 6. The molecule has 3 heterocycles. The summed E-state index contributed by atoms with van der Waals surface area (Å²) in [5, 5.41) is 10.2. The van der Waals surface area contributed by atoms with Crippen molar-refractivity contribution in [2.24, 2.45) is 7.05 Å². The topological polar surface area (TPSA) is 104 Å². The largest absolute Gasteiger partial charge is 0.352 e. The molecule has 4 aromatic rings. The molecular weight excluding hydrogens is 476 g/mol. The number of H-pyrrole nitrogens is 1. The standard InChI is InChI=1S/C20H20F4N8OS/c1-31-7-6-14(30-31)26-15-9-12(16-19(27-15)29-20(28-16)18(23)24)25-11-5-4-10(17(21)22)8-13(11)32(2)34(3)33/h4-9,17-18H,1-3H3,(H3,25,26,27,28,29,30). The Morgan fingerprint density at radius 2 is 1.79 bits per heavy atom. The number of rotatable bonds is 8. The third-order valence-corrected chi connectivity index (χ3v) is 5.89. The molecule has 0 bridgehead atoms. The van der Waals surface area contributed by atoms with Gasteiger partial charge in [0.1, 0.15) is 22.3 Å². The van der Waals surface area contributed by atoms with Crippen molar-refractivity contribution in [1.29, 1.82) is 0 Å². The molecule has 1 atom stereocenters.